The van der Waals surface area contributed by atoms with E-state index in [1.165, 1.54) is 19.2 Å². The van der Waals surface area contributed by atoms with Gasteiger partial charge in [-0.15, -0.1) is 0 Å². The van der Waals surface area contributed by atoms with E-state index < -0.39 is 0 Å². The zero-order valence-corrected chi connectivity index (χ0v) is 7.51. The van der Waals surface area contributed by atoms with Crippen molar-refractivity contribution in [1.29, 1.82) is 0 Å². The van der Waals surface area contributed by atoms with Gasteiger partial charge in [0.1, 0.15) is 17.4 Å². The summed E-state index contributed by atoms with van der Waals surface area (Å²) in [5.74, 6) is 0.676. The topological polar surface area (TPSA) is 63.6 Å². The zero-order valence-electron chi connectivity index (χ0n) is 7.51. The molecule has 1 aliphatic carbocycles. The smallest absolute Gasteiger partial charge is 0.223 e. The molecule has 2 aromatic rings. The molecular weight excluding hydrogens is 178 g/mol. The van der Waals surface area contributed by atoms with Crippen LogP contribution in [0.5, 0.6) is 0 Å². The SMILES string of the molecule is c1ncc2nc(NC3CC3)ncc2n1. The number of nitrogens with one attached hydrogen (secondary N) is 1. The maximum Gasteiger partial charge on any atom is 0.223 e. The molecule has 1 aliphatic rings. The molecule has 1 saturated carbocycles. The lowest BCUT2D eigenvalue weighted by Crippen LogP contribution is -2.05. The van der Waals surface area contributed by atoms with Gasteiger partial charge >= 0.3 is 0 Å². The number of hydrogen-bond donors (Lipinski definition) is 1. The third kappa shape index (κ3) is 1.37. The summed E-state index contributed by atoms with van der Waals surface area (Å²) in [6.45, 7) is 0. The molecule has 0 atom stereocenters. The van der Waals surface area contributed by atoms with Gasteiger partial charge in [-0.05, 0) is 12.8 Å². The molecule has 0 bridgehead atoms. The van der Waals surface area contributed by atoms with Crippen molar-refractivity contribution in [2.24, 2.45) is 0 Å². The van der Waals surface area contributed by atoms with Crippen LogP contribution in [0.2, 0.25) is 0 Å². The van der Waals surface area contributed by atoms with Gasteiger partial charge in [-0.1, -0.05) is 0 Å². The summed E-state index contributed by atoms with van der Waals surface area (Å²) in [7, 11) is 0. The van der Waals surface area contributed by atoms with Crippen LogP contribution in [-0.4, -0.2) is 26.0 Å². The summed E-state index contributed by atoms with van der Waals surface area (Å²) in [4.78, 5) is 16.5. The molecule has 0 radical (unpaired) electrons. The Hall–Kier alpha value is -1.78. The number of nitrogens with zero attached hydrogens (tertiary/aromatic N) is 4. The normalized spacial score (nSPS) is 15.7. The summed E-state index contributed by atoms with van der Waals surface area (Å²) >= 11 is 0. The van der Waals surface area contributed by atoms with Crippen LogP contribution in [0.25, 0.3) is 11.0 Å². The minimum atomic E-state index is 0.567. The van der Waals surface area contributed by atoms with E-state index in [1.54, 1.807) is 12.4 Å². The van der Waals surface area contributed by atoms with Gasteiger partial charge in [0.25, 0.3) is 0 Å². The summed E-state index contributed by atoms with van der Waals surface area (Å²) in [5.41, 5.74) is 1.56. The van der Waals surface area contributed by atoms with Crippen molar-refractivity contribution in [3.8, 4) is 0 Å². The van der Waals surface area contributed by atoms with Gasteiger partial charge < -0.3 is 5.32 Å². The third-order valence-corrected chi connectivity index (χ3v) is 2.17. The molecule has 2 aromatic heterocycles. The van der Waals surface area contributed by atoms with Crippen molar-refractivity contribution in [3.05, 3.63) is 18.7 Å². The largest absolute Gasteiger partial charge is 0.351 e. The van der Waals surface area contributed by atoms with Crippen molar-refractivity contribution in [3.63, 3.8) is 0 Å². The average molecular weight is 187 g/mol. The van der Waals surface area contributed by atoms with Gasteiger partial charge in [-0.2, -0.15) is 0 Å². The molecule has 1 fully saturated rings. The number of rotatable bonds is 2. The number of fused-ring (bicyclic) bond motifs is 1. The van der Waals surface area contributed by atoms with Crippen LogP contribution in [0, 0.1) is 0 Å². The molecule has 0 aromatic carbocycles. The lowest BCUT2D eigenvalue weighted by Gasteiger charge is -2.01. The highest BCUT2D eigenvalue weighted by Crippen LogP contribution is 2.23. The second-order valence-corrected chi connectivity index (χ2v) is 3.41. The lowest BCUT2D eigenvalue weighted by molar-refractivity contribution is 1.06. The van der Waals surface area contributed by atoms with Gasteiger partial charge in [0.15, 0.2) is 0 Å². The van der Waals surface area contributed by atoms with Crippen LogP contribution >= 0.6 is 0 Å². The van der Waals surface area contributed by atoms with E-state index in [9.17, 15) is 0 Å². The fraction of sp³-hybridized carbons (Fsp3) is 0.333. The molecule has 3 rings (SSSR count). The Labute approximate surface area is 80.6 Å². The van der Waals surface area contributed by atoms with Crippen molar-refractivity contribution in [1.82, 2.24) is 19.9 Å². The van der Waals surface area contributed by atoms with Crippen molar-refractivity contribution >= 4 is 17.0 Å². The molecule has 0 aliphatic heterocycles. The molecule has 5 heteroatoms. The lowest BCUT2D eigenvalue weighted by atomic mass is 10.4. The fourth-order valence-electron chi connectivity index (χ4n) is 1.26. The van der Waals surface area contributed by atoms with E-state index in [2.05, 4.69) is 25.3 Å². The predicted octanol–water partition coefficient (Wildman–Crippen LogP) is 0.994. The van der Waals surface area contributed by atoms with Gasteiger partial charge in [0, 0.05) is 6.04 Å². The standard InChI is InChI=1S/C9H9N5/c1-2-6(1)13-9-11-4-7-8(14-9)3-10-5-12-7/h3-6H,1-2H2,(H,11,13,14). The Morgan fingerprint density at radius 2 is 2.07 bits per heavy atom. The molecule has 0 amide bonds. The highest BCUT2D eigenvalue weighted by molar-refractivity contribution is 5.72. The Kier molecular flexibility index (Phi) is 1.56. The molecule has 2 heterocycles. The summed E-state index contributed by atoms with van der Waals surface area (Å²) in [6.07, 6.45) is 7.34. The molecule has 5 nitrogen and oxygen atoms in total. The van der Waals surface area contributed by atoms with Gasteiger partial charge in [-0.25, -0.2) is 19.9 Å². The monoisotopic (exact) mass is 187 g/mol. The molecule has 0 unspecified atom stereocenters. The number of anilines is 1. The van der Waals surface area contributed by atoms with Gasteiger partial charge in [-0.3, -0.25) is 0 Å². The maximum absolute atomic E-state index is 4.31. The first-order valence-corrected chi connectivity index (χ1v) is 4.61. The second-order valence-electron chi connectivity index (χ2n) is 3.41. The summed E-state index contributed by atoms with van der Waals surface area (Å²) in [6, 6.07) is 0.567. The Bertz CT molecular complexity index is 465. The molecule has 1 N–H and O–H groups in total. The quantitative estimate of drug-likeness (QED) is 0.759. The van der Waals surface area contributed by atoms with Crippen LogP contribution in [0.4, 0.5) is 5.95 Å². The summed E-state index contributed by atoms with van der Waals surface area (Å²) < 4.78 is 0. The van der Waals surface area contributed by atoms with E-state index in [0.717, 1.165) is 11.0 Å². The van der Waals surface area contributed by atoms with E-state index in [4.69, 9.17) is 0 Å². The van der Waals surface area contributed by atoms with E-state index >= 15 is 0 Å². The average Bonchev–Trinajstić information content (AvgIpc) is 3.02. The maximum atomic E-state index is 4.31. The second kappa shape index (κ2) is 2.87. The Morgan fingerprint density at radius 3 is 2.93 bits per heavy atom. The van der Waals surface area contributed by atoms with E-state index in [-0.39, 0.29) is 0 Å². The highest BCUT2D eigenvalue weighted by atomic mass is 15.1. The predicted molar refractivity (Wildman–Crippen MR) is 51.8 cm³/mol. The summed E-state index contributed by atoms with van der Waals surface area (Å²) in [5, 5.41) is 3.23. The van der Waals surface area contributed by atoms with Gasteiger partial charge in [0.05, 0.1) is 12.4 Å². The molecule has 14 heavy (non-hydrogen) atoms. The molecule has 70 valence electrons. The van der Waals surface area contributed by atoms with Crippen LogP contribution < -0.4 is 5.32 Å². The molecular formula is C9H9N5. The van der Waals surface area contributed by atoms with Crippen molar-refractivity contribution in [2.75, 3.05) is 5.32 Å². The van der Waals surface area contributed by atoms with Crippen LogP contribution in [0.1, 0.15) is 12.8 Å². The highest BCUT2D eigenvalue weighted by Gasteiger charge is 2.21. The van der Waals surface area contributed by atoms with Crippen molar-refractivity contribution < 1.29 is 0 Å². The number of aromatic nitrogens is 4. The third-order valence-electron chi connectivity index (χ3n) is 2.17. The molecule has 0 saturated heterocycles. The first-order valence-electron chi connectivity index (χ1n) is 4.61. The zero-order chi connectivity index (χ0) is 9.38. The first-order chi connectivity index (χ1) is 6.92. The van der Waals surface area contributed by atoms with Gasteiger partial charge in [0.2, 0.25) is 5.95 Å². The first kappa shape index (κ1) is 7.61. The van der Waals surface area contributed by atoms with Crippen LogP contribution in [0.3, 0.4) is 0 Å². The minimum Gasteiger partial charge on any atom is -0.351 e. The number of hydrogen-bond acceptors (Lipinski definition) is 5. The van der Waals surface area contributed by atoms with Crippen LogP contribution in [0.15, 0.2) is 18.7 Å². The minimum absolute atomic E-state index is 0.567. The van der Waals surface area contributed by atoms with E-state index in [0.29, 0.717) is 12.0 Å². The Balaban J connectivity index is 2.01. The Morgan fingerprint density at radius 1 is 1.14 bits per heavy atom. The van der Waals surface area contributed by atoms with E-state index in [1.807, 2.05) is 0 Å². The van der Waals surface area contributed by atoms with Crippen LogP contribution in [-0.2, 0) is 0 Å². The fourth-order valence-corrected chi connectivity index (χ4v) is 1.26. The molecule has 0 spiro atoms. The van der Waals surface area contributed by atoms with Crippen molar-refractivity contribution in [2.45, 2.75) is 18.9 Å².